The molecule has 5 rings (SSSR count). The van der Waals surface area contributed by atoms with E-state index in [9.17, 15) is 9.59 Å². The van der Waals surface area contributed by atoms with Gasteiger partial charge in [-0.1, -0.05) is 17.7 Å². The molecular weight excluding hydrogens is 432 g/mol. The van der Waals surface area contributed by atoms with Crippen molar-refractivity contribution in [3.63, 3.8) is 0 Å². The van der Waals surface area contributed by atoms with Gasteiger partial charge in [0.2, 0.25) is 12.7 Å². The van der Waals surface area contributed by atoms with Crippen LogP contribution in [0.2, 0.25) is 5.02 Å². The van der Waals surface area contributed by atoms with Crippen LogP contribution in [0.3, 0.4) is 0 Å². The van der Waals surface area contributed by atoms with E-state index in [1.54, 1.807) is 52.2 Å². The van der Waals surface area contributed by atoms with Crippen molar-refractivity contribution < 1.29 is 19.1 Å². The summed E-state index contributed by atoms with van der Waals surface area (Å²) < 4.78 is 12.3. The van der Waals surface area contributed by atoms with Gasteiger partial charge in [0.1, 0.15) is 0 Å². The zero-order valence-corrected chi connectivity index (χ0v) is 17.9. The van der Waals surface area contributed by atoms with Gasteiger partial charge in [-0.25, -0.2) is 4.68 Å². The van der Waals surface area contributed by atoms with Crippen molar-refractivity contribution in [2.75, 3.05) is 25.2 Å². The number of amides is 2. The van der Waals surface area contributed by atoms with Crippen molar-refractivity contribution >= 4 is 29.1 Å². The van der Waals surface area contributed by atoms with Crippen LogP contribution in [0, 0.1) is 5.92 Å². The Labute approximate surface area is 189 Å². The van der Waals surface area contributed by atoms with Gasteiger partial charge >= 0.3 is 0 Å². The van der Waals surface area contributed by atoms with Crippen molar-refractivity contribution in [3.8, 4) is 17.2 Å². The highest BCUT2D eigenvalue weighted by atomic mass is 35.5. The molecule has 1 saturated heterocycles. The molecule has 2 aliphatic rings. The molecule has 0 unspecified atom stereocenters. The Hall–Kier alpha value is -3.52. The molecule has 0 aliphatic carbocycles. The molecule has 0 saturated carbocycles. The molecule has 2 amide bonds. The van der Waals surface area contributed by atoms with Gasteiger partial charge in [-0.2, -0.15) is 5.10 Å². The minimum Gasteiger partial charge on any atom is -0.454 e. The first-order valence-electron chi connectivity index (χ1n) is 10.4. The highest BCUT2D eigenvalue weighted by Crippen LogP contribution is 2.34. The minimum atomic E-state index is -0.159. The largest absolute Gasteiger partial charge is 0.454 e. The van der Waals surface area contributed by atoms with Crippen molar-refractivity contribution in [2.24, 2.45) is 5.92 Å². The molecule has 9 heteroatoms. The highest BCUT2D eigenvalue weighted by Gasteiger charge is 2.29. The van der Waals surface area contributed by atoms with E-state index in [0.717, 1.165) is 5.69 Å². The van der Waals surface area contributed by atoms with Gasteiger partial charge in [0.15, 0.2) is 17.2 Å². The van der Waals surface area contributed by atoms with Crippen LogP contribution in [-0.4, -0.2) is 46.4 Å². The van der Waals surface area contributed by atoms with Crippen LogP contribution >= 0.6 is 11.6 Å². The summed E-state index contributed by atoms with van der Waals surface area (Å²) in [5.74, 6) is 0.947. The second-order valence-electron chi connectivity index (χ2n) is 7.75. The van der Waals surface area contributed by atoms with Gasteiger partial charge < -0.3 is 19.7 Å². The Morgan fingerprint density at radius 1 is 1.03 bits per heavy atom. The van der Waals surface area contributed by atoms with Gasteiger partial charge in [-0.15, -0.1) is 0 Å². The molecule has 3 heterocycles. The van der Waals surface area contributed by atoms with Gasteiger partial charge in [0.05, 0.1) is 5.69 Å². The number of nitrogens with one attached hydrogen (secondary N) is 1. The monoisotopic (exact) mass is 452 g/mol. The van der Waals surface area contributed by atoms with Gasteiger partial charge in [-0.05, 0) is 49.2 Å². The van der Waals surface area contributed by atoms with Crippen LogP contribution in [-0.2, 0) is 4.79 Å². The number of piperidine rings is 1. The number of benzene rings is 2. The first kappa shape index (κ1) is 20.4. The number of hydrogen-bond donors (Lipinski definition) is 1. The molecular formula is C23H21ClN4O4. The summed E-state index contributed by atoms with van der Waals surface area (Å²) in [6, 6.07) is 14.3. The number of nitrogens with zero attached hydrogens (tertiary/aromatic N) is 3. The van der Waals surface area contributed by atoms with E-state index in [1.807, 2.05) is 12.1 Å². The van der Waals surface area contributed by atoms with Crippen LogP contribution in [0.15, 0.2) is 54.7 Å². The molecule has 164 valence electrons. The summed E-state index contributed by atoms with van der Waals surface area (Å²) in [6.07, 6.45) is 2.93. The molecule has 3 aromatic rings. The summed E-state index contributed by atoms with van der Waals surface area (Å²) in [7, 11) is 0. The maximum absolute atomic E-state index is 12.9. The molecule has 2 aromatic carbocycles. The number of fused-ring (bicyclic) bond motifs is 1. The van der Waals surface area contributed by atoms with Crippen molar-refractivity contribution in [3.05, 3.63) is 65.4 Å². The third-order valence-corrected chi connectivity index (χ3v) is 5.91. The Morgan fingerprint density at radius 2 is 1.84 bits per heavy atom. The summed E-state index contributed by atoms with van der Waals surface area (Å²) in [5.41, 5.74) is 1.83. The third kappa shape index (κ3) is 4.13. The number of anilines is 1. The first-order valence-corrected chi connectivity index (χ1v) is 10.8. The SMILES string of the molecule is O=C(Nc1ccc2c(c1)OCO2)C1CCN(C(=O)c2ccn(-c3cccc(Cl)c3)n2)CC1. The molecule has 8 nitrogen and oxygen atoms in total. The predicted octanol–water partition coefficient (Wildman–Crippen LogP) is 3.75. The van der Waals surface area contributed by atoms with Crippen LogP contribution in [0.25, 0.3) is 5.69 Å². The molecule has 1 fully saturated rings. The quantitative estimate of drug-likeness (QED) is 0.651. The first-order chi connectivity index (χ1) is 15.6. The van der Waals surface area contributed by atoms with Crippen molar-refractivity contribution in [1.29, 1.82) is 0 Å². The van der Waals surface area contributed by atoms with Crippen LogP contribution < -0.4 is 14.8 Å². The average molecular weight is 453 g/mol. The Kier molecular flexibility index (Phi) is 5.45. The molecule has 0 spiro atoms. The van der Waals surface area contributed by atoms with E-state index in [1.165, 1.54) is 0 Å². The molecule has 0 bridgehead atoms. The number of hydrogen-bond acceptors (Lipinski definition) is 5. The lowest BCUT2D eigenvalue weighted by atomic mass is 9.95. The van der Waals surface area contributed by atoms with Gasteiger partial charge in [0, 0.05) is 42.0 Å². The minimum absolute atomic E-state index is 0.0544. The van der Waals surface area contributed by atoms with Crippen LogP contribution in [0.1, 0.15) is 23.3 Å². The van der Waals surface area contributed by atoms with E-state index in [-0.39, 0.29) is 24.5 Å². The zero-order valence-electron chi connectivity index (χ0n) is 17.2. The molecule has 2 aliphatic heterocycles. The number of likely N-dealkylation sites (tertiary alicyclic amines) is 1. The number of halogens is 1. The number of rotatable bonds is 4. The van der Waals surface area contributed by atoms with Crippen molar-refractivity contribution in [2.45, 2.75) is 12.8 Å². The van der Waals surface area contributed by atoms with E-state index in [4.69, 9.17) is 21.1 Å². The molecule has 0 atom stereocenters. The number of ether oxygens (including phenoxy) is 2. The topological polar surface area (TPSA) is 85.7 Å². The summed E-state index contributed by atoms with van der Waals surface area (Å²) in [5, 5.41) is 7.94. The van der Waals surface area contributed by atoms with Crippen LogP contribution in [0.4, 0.5) is 5.69 Å². The average Bonchev–Trinajstić information content (AvgIpc) is 3.48. The maximum atomic E-state index is 12.9. The number of carbonyl (C=O) groups is 2. The molecule has 32 heavy (non-hydrogen) atoms. The van der Waals surface area contributed by atoms with Crippen LogP contribution in [0.5, 0.6) is 11.5 Å². The van der Waals surface area contributed by atoms with Crippen molar-refractivity contribution in [1.82, 2.24) is 14.7 Å². The Morgan fingerprint density at radius 3 is 2.66 bits per heavy atom. The maximum Gasteiger partial charge on any atom is 0.274 e. The summed E-state index contributed by atoms with van der Waals surface area (Å²) in [6.45, 7) is 1.20. The number of carbonyl (C=O) groups excluding carboxylic acids is 2. The third-order valence-electron chi connectivity index (χ3n) is 5.67. The molecule has 0 radical (unpaired) electrons. The lowest BCUT2D eigenvalue weighted by Crippen LogP contribution is -2.41. The fourth-order valence-corrected chi connectivity index (χ4v) is 4.11. The second-order valence-corrected chi connectivity index (χ2v) is 8.19. The fraction of sp³-hybridized carbons (Fsp3) is 0.261. The molecule has 1 N–H and O–H groups in total. The lowest BCUT2D eigenvalue weighted by Gasteiger charge is -2.30. The van der Waals surface area contributed by atoms with E-state index in [2.05, 4.69) is 10.4 Å². The smallest absolute Gasteiger partial charge is 0.274 e. The standard InChI is InChI=1S/C23H21ClN4O4/c24-16-2-1-3-18(12-16)28-11-8-19(26-28)23(30)27-9-6-15(7-10-27)22(29)25-17-4-5-20-21(13-17)32-14-31-20/h1-5,8,11-13,15H,6-7,9-10,14H2,(H,25,29). The molecule has 1 aromatic heterocycles. The van der Waals surface area contributed by atoms with Gasteiger partial charge in [-0.3, -0.25) is 9.59 Å². The van der Waals surface area contributed by atoms with E-state index >= 15 is 0 Å². The second kappa shape index (κ2) is 8.55. The zero-order chi connectivity index (χ0) is 22.1. The fourth-order valence-electron chi connectivity index (χ4n) is 3.93. The van der Waals surface area contributed by atoms with E-state index in [0.29, 0.717) is 53.8 Å². The summed E-state index contributed by atoms with van der Waals surface area (Å²) >= 11 is 6.04. The lowest BCUT2D eigenvalue weighted by molar-refractivity contribution is -0.121. The van der Waals surface area contributed by atoms with Gasteiger partial charge in [0.25, 0.3) is 5.91 Å². The Balaban J connectivity index is 1.17. The van der Waals surface area contributed by atoms with E-state index < -0.39 is 0 Å². The normalized spacial score (nSPS) is 15.6. The highest BCUT2D eigenvalue weighted by molar-refractivity contribution is 6.30. The summed E-state index contributed by atoms with van der Waals surface area (Å²) in [4.78, 5) is 27.3. The predicted molar refractivity (Wildman–Crippen MR) is 118 cm³/mol. The number of aromatic nitrogens is 2. The Bertz CT molecular complexity index is 1170.